The predicted octanol–water partition coefficient (Wildman–Crippen LogP) is 5.83. The molecule has 11 heteroatoms. The molecule has 0 aliphatic carbocycles. The maximum absolute atomic E-state index is 13.6. The SMILES string of the molecule is COc1ccc(-c2cc3c(C=O)c(-c4ccc(F)cc4)oc3cc2N(C)S(C)(=O)=O)nc1-c1cc2ccccn2n1. The van der Waals surface area contributed by atoms with E-state index >= 15 is 0 Å². The van der Waals surface area contributed by atoms with Crippen LogP contribution in [0.2, 0.25) is 0 Å². The summed E-state index contributed by atoms with van der Waals surface area (Å²) in [4.78, 5) is 17.2. The van der Waals surface area contributed by atoms with Crippen molar-refractivity contribution < 1.29 is 26.8 Å². The van der Waals surface area contributed by atoms with Gasteiger partial charge in [-0.1, -0.05) is 6.07 Å². The second-order valence-electron chi connectivity index (χ2n) is 9.41. The topological polar surface area (TPSA) is 107 Å². The highest BCUT2D eigenvalue weighted by Crippen LogP contribution is 2.41. The zero-order chi connectivity index (χ0) is 28.9. The van der Waals surface area contributed by atoms with E-state index in [2.05, 4.69) is 5.10 Å². The largest absolute Gasteiger partial charge is 0.494 e. The lowest BCUT2D eigenvalue weighted by molar-refractivity contribution is 0.112. The van der Waals surface area contributed by atoms with Gasteiger partial charge >= 0.3 is 0 Å². The van der Waals surface area contributed by atoms with Gasteiger partial charge in [0.15, 0.2) is 6.29 Å². The number of nitrogens with zero attached hydrogens (tertiary/aromatic N) is 4. The van der Waals surface area contributed by atoms with E-state index in [4.69, 9.17) is 14.1 Å². The molecule has 6 aromatic rings. The van der Waals surface area contributed by atoms with Gasteiger partial charge in [-0.25, -0.2) is 22.3 Å². The Morgan fingerprint density at radius 2 is 1.80 bits per heavy atom. The number of sulfonamides is 1. The maximum Gasteiger partial charge on any atom is 0.232 e. The minimum Gasteiger partial charge on any atom is -0.494 e. The Kier molecular flexibility index (Phi) is 6.30. The molecule has 41 heavy (non-hydrogen) atoms. The van der Waals surface area contributed by atoms with Crippen LogP contribution in [-0.4, -0.2) is 49.7 Å². The number of rotatable bonds is 7. The number of aromatic nitrogens is 3. The van der Waals surface area contributed by atoms with E-state index in [-0.39, 0.29) is 22.6 Å². The van der Waals surface area contributed by atoms with E-state index in [1.54, 1.807) is 28.8 Å². The zero-order valence-electron chi connectivity index (χ0n) is 22.2. The molecule has 0 saturated carbocycles. The van der Waals surface area contributed by atoms with Crippen LogP contribution < -0.4 is 9.04 Å². The highest BCUT2D eigenvalue weighted by molar-refractivity contribution is 7.92. The Labute approximate surface area is 234 Å². The molecule has 206 valence electrons. The fourth-order valence-electron chi connectivity index (χ4n) is 4.73. The van der Waals surface area contributed by atoms with Gasteiger partial charge in [-0.15, -0.1) is 0 Å². The third-order valence-corrected chi connectivity index (χ3v) is 8.06. The van der Waals surface area contributed by atoms with Crippen LogP contribution in [0.1, 0.15) is 10.4 Å². The highest BCUT2D eigenvalue weighted by Gasteiger charge is 2.24. The molecule has 0 bridgehead atoms. The number of hydrogen-bond acceptors (Lipinski definition) is 7. The molecule has 0 aliphatic heterocycles. The summed E-state index contributed by atoms with van der Waals surface area (Å²) in [6.07, 6.45) is 3.58. The van der Waals surface area contributed by atoms with Crippen molar-refractivity contribution in [2.75, 3.05) is 24.7 Å². The van der Waals surface area contributed by atoms with Gasteiger partial charge in [0.05, 0.1) is 35.8 Å². The smallest absolute Gasteiger partial charge is 0.232 e. The number of pyridine rings is 2. The Hall–Kier alpha value is -5.03. The van der Waals surface area contributed by atoms with Crippen molar-refractivity contribution in [3.05, 3.63) is 90.4 Å². The van der Waals surface area contributed by atoms with Crippen LogP contribution in [-0.2, 0) is 10.0 Å². The molecule has 9 nitrogen and oxygen atoms in total. The van der Waals surface area contributed by atoms with Crippen LogP contribution >= 0.6 is 0 Å². The molecule has 6 rings (SSSR count). The first-order chi connectivity index (χ1) is 19.7. The summed E-state index contributed by atoms with van der Waals surface area (Å²) in [5.41, 5.74) is 4.06. The number of methoxy groups -OCH3 is 1. The van der Waals surface area contributed by atoms with Gasteiger partial charge in [0.1, 0.15) is 34.3 Å². The normalized spacial score (nSPS) is 11.7. The van der Waals surface area contributed by atoms with Crippen LogP contribution in [0.4, 0.5) is 10.1 Å². The number of ether oxygens (including phenoxy) is 1. The molecule has 2 aromatic carbocycles. The third-order valence-electron chi connectivity index (χ3n) is 6.87. The monoisotopic (exact) mass is 570 g/mol. The summed E-state index contributed by atoms with van der Waals surface area (Å²) in [6, 6.07) is 19.8. The summed E-state index contributed by atoms with van der Waals surface area (Å²) < 4.78 is 53.4. The van der Waals surface area contributed by atoms with Crippen LogP contribution in [0, 0.1) is 5.82 Å². The van der Waals surface area contributed by atoms with E-state index in [1.165, 1.54) is 38.4 Å². The van der Waals surface area contributed by atoms with Crippen molar-refractivity contribution in [3.8, 4) is 39.7 Å². The lowest BCUT2D eigenvalue weighted by Crippen LogP contribution is -2.25. The fraction of sp³-hybridized carbons (Fsp3) is 0.100. The van der Waals surface area contributed by atoms with Gasteiger partial charge in [-0.2, -0.15) is 5.10 Å². The first-order valence-electron chi connectivity index (χ1n) is 12.4. The predicted molar refractivity (Wildman–Crippen MR) is 154 cm³/mol. The number of fused-ring (bicyclic) bond motifs is 2. The molecule has 0 amide bonds. The third kappa shape index (κ3) is 4.59. The van der Waals surface area contributed by atoms with Gasteiger partial charge in [0.2, 0.25) is 10.0 Å². The van der Waals surface area contributed by atoms with Gasteiger partial charge < -0.3 is 9.15 Å². The van der Waals surface area contributed by atoms with E-state index in [9.17, 15) is 17.6 Å². The number of halogens is 1. The average molecular weight is 571 g/mol. The Morgan fingerprint density at radius 1 is 1.02 bits per heavy atom. The molecule has 0 fully saturated rings. The Bertz CT molecular complexity index is 2030. The van der Waals surface area contributed by atoms with Gasteiger partial charge in [0, 0.05) is 35.8 Å². The minimum absolute atomic E-state index is 0.244. The van der Waals surface area contributed by atoms with Crippen molar-refractivity contribution >= 4 is 38.5 Å². The van der Waals surface area contributed by atoms with Crippen molar-refractivity contribution in [1.82, 2.24) is 14.6 Å². The number of carbonyl (C=O) groups is 1. The summed E-state index contributed by atoms with van der Waals surface area (Å²) in [7, 11) is -0.742. The van der Waals surface area contributed by atoms with Crippen LogP contribution in [0.15, 0.2) is 83.4 Å². The lowest BCUT2D eigenvalue weighted by atomic mass is 10.0. The van der Waals surface area contributed by atoms with Crippen molar-refractivity contribution in [2.45, 2.75) is 0 Å². The molecule has 0 aliphatic rings. The van der Waals surface area contributed by atoms with Crippen LogP contribution in [0.5, 0.6) is 5.75 Å². The molecule has 0 radical (unpaired) electrons. The summed E-state index contributed by atoms with van der Waals surface area (Å²) in [5, 5.41) is 5.07. The van der Waals surface area contributed by atoms with E-state index in [0.717, 1.165) is 16.1 Å². The summed E-state index contributed by atoms with van der Waals surface area (Å²) in [6.45, 7) is 0. The van der Waals surface area contributed by atoms with Crippen molar-refractivity contribution in [1.29, 1.82) is 0 Å². The number of carbonyl (C=O) groups excluding carboxylic acids is 1. The summed E-state index contributed by atoms with van der Waals surface area (Å²) in [5.74, 6) is 0.295. The molecule has 0 atom stereocenters. The molecule has 0 N–H and O–H groups in total. The standard InChI is InChI=1S/C30H23FN4O5S/c1-34(41(3,37)38)26-16-28-21(23(17-36)30(40-28)18-7-9-19(31)10-8-18)15-22(26)24-11-12-27(39-2)29(32-24)25-14-20-6-4-5-13-35(20)33-25/h4-17H,1-3H3. The van der Waals surface area contributed by atoms with Gasteiger partial charge in [0.25, 0.3) is 0 Å². The number of hydrogen-bond donors (Lipinski definition) is 0. The van der Waals surface area contributed by atoms with E-state index < -0.39 is 15.8 Å². The first kappa shape index (κ1) is 26.2. The van der Waals surface area contributed by atoms with E-state index in [1.807, 2.05) is 30.5 Å². The number of anilines is 1. The van der Waals surface area contributed by atoms with Crippen LogP contribution in [0.3, 0.4) is 0 Å². The average Bonchev–Trinajstić information content (AvgIpc) is 3.56. The zero-order valence-corrected chi connectivity index (χ0v) is 23.0. The number of aldehydes is 1. The quantitative estimate of drug-likeness (QED) is 0.222. The second kappa shape index (κ2) is 9.86. The van der Waals surface area contributed by atoms with Crippen LogP contribution in [0.25, 0.3) is 50.5 Å². The number of benzene rings is 2. The first-order valence-corrected chi connectivity index (χ1v) is 14.3. The highest BCUT2D eigenvalue weighted by atomic mass is 32.2. The second-order valence-corrected chi connectivity index (χ2v) is 11.4. The van der Waals surface area contributed by atoms with Gasteiger partial charge in [-0.3, -0.25) is 9.10 Å². The maximum atomic E-state index is 13.6. The minimum atomic E-state index is -3.70. The molecule has 0 unspecified atom stereocenters. The summed E-state index contributed by atoms with van der Waals surface area (Å²) >= 11 is 0. The molecular formula is C30H23FN4O5S. The molecule has 0 spiro atoms. The molecule has 4 heterocycles. The Morgan fingerprint density at radius 3 is 2.49 bits per heavy atom. The van der Waals surface area contributed by atoms with Crippen molar-refractivity contribution in [2.24, 2.45) is 0 Å². The number of furan rings is 1. The fourth-order valence-corrected chi connectivity index (χ4v) is 5.24. The van der Waals surface area contributed by atoms with E-state index in [0.29, 0.717) is 45.6 Å². The Balaban J connectivity index is 1.61. The lowest BCUT2D eigenvalue weighted by Gasteiger charge is -2.20. The van der Waals surface area contributed by atoms with Gasteiger partial charge in [-0.05, 0) is 60.7 Å². The van der Waals surface area contributed by atoms with Crippen molar-refractivity contribution in [3.63, 3.8) is 0 Å². The molecular weight excluding hydrogens is 547 g/mol. The molecule has 4 aromatic heterocycles. The molecule has 0 saturated heterocycles.